The standard InChI is InChI=1S/C16H13F3N2O2S/c1-10-4-6-11(7-5-10)15(23)21-20-12(13-3-2-8-24-13)9-14(22)16(17,18)19/h2-8H,9H2,1H3,(H,21,23)/b20-12-. The number of hydrogen-bond donors (Lipinski definition) is 1. The van der Waals surface area contributed by atoms with E-state index in [0.29, 0.717) is 10.4 Å². The van der Waals surface area contributed by atoms with E-state index < -0.39 is 24.3 Å². The number of alkyl halides is 3. The van der Waals surface area contributed by atoms with E-state index in [0.717, 1.165) is 16.9 Å². The molecule has 0 unspecified atom stereocenters. The highest BCUT2D eigenvalue weighted by Crippen LogP contribution is 2.21. The van der Waals surface area contributed by atoms with E-state index in [2.05, 4.69) is 10.5 Å². The summed E-state index contributed by atoms with van der Waals surface area (Å²) in [6.07, 6.45) is -5.88. The van der Waals surface area contributed by atoms with E-state index in [1.807, 2.05) is 6.92 Å². The predicted octanol–water partition coefficient (Wildman–Crippen LogP) is 3.71. The van der Waals surface area contributed by atoms with Gasteiger partial charge in [-0.3, -0.25) is 9.59 Å². The summed E-state index contributed by atoms with van der Waals surface area (Å²) in [5, 5.41) is 5.37. The fraction of sp³-hybridized carbons (Fsp3) is 0.188. The van der Waals surface area contributed by atoms with Crippen molar-refractivity contribution in [1.29, 1.82) is 0 Å². The Morgan fingerprint density at radius 3 is 2.38 bits per heavy atom. The van der Waals surface area contributed by atoms with Gasteiger partial charge in [0.25, 0.3) is 5.91 Å². The van der Waals surface area contributed by atoms with E-state index >= 15 is 0 Å². The minimum Gasteiger partial charge on any atom is -0.289 e. The van der Waals surface area contributed by atoms with Crippen LogP contribution < -0.4 is 5.43 Å². The Labute approximate surface area is 140 Å². The number of rotatable bonds is 5. The van der Waals surface area contributed by atoms with Crippen LogP contribution in [0.1, 0.15) is 27.2 Å². The monoisotopic (exact) mass is 354 g/mol. The Morgan fingerprint density at radius 1 is 1.17 bits per heavy atom. The minimum absolute atomic E-state index is 0.132. The summed E-state index contributed by atoms with van der Waals surface area (Å²) in [5.74, 6) is -2.48. The van der Waals surface area contributed by atoms with Gasteiger partial charge in [-0.15, -0.1) is 11.3 Å². The first-order chi connectivity index (χ1) is 11.3. The molecule has 1 amide bonds. The van der Waals surface area contributed by atoms with Crippen molar-refractivity contribution < 1.29 is 22.8 Å². The lowest BCUT2D eigenvalue weighted by Crippen LogP contribution is -2.27. The number of benzene rings is 1. The van der Waals surface area contributed by atoms with E-state index in [1.54, 1.807) is 35.7 Å². The molecule has 0 aliphatic heterocycles. The number of ketones is 1. The average molecular weight is 354 g/mol. The highest BCUT2D eigenvalue weighted by Gasteiger charge is 2.38. The van der Waals surface area contributed by atoms with Crippen LogP contribution in [0.25, 0.3) is 0 Å². The van der Waals surface area contributed by atoms with Crippen LogP contribution in [-0.2, 0) is 4.79 Å². The number of Topliss-reactive ketones (excluding diaryl/α,β-unsaturated/α-hetero) is 1. The maximum atomic E-state index is 12.5. The molecule has 0 fully saturated rings. The summed E-state index contributed by atoms with van der Waals surface area (Å²) in [6.45, 7) is 1.86. The lowest BCUT2D eigenvalue weighted by atomic mass is 10.1. The van der Waals surface area contributed by atoms with E-state index in [1.165, 1.54) is 6.07 Å². The van der Waals surface area contributed by atoms with Gasteiger partial charge in [-0.25, -0.2) is 5.43 Å². The highest BCUT2D eigenvalue weighted by molar-refractivity contribution is 7.12. The maximum Gasteiger partial charge on any atom is 0.450 e. The lowest BCUT2D eigenvalue weighted by Gasteiger charge is -2.07. The summed E-state index contributed by atoms with van der Waals surface area (Å²) in [4.78, 5) is 23.6. The lowest BCUT2D eigenvalue weighted by molar-refractivity contribution is -0.169. The van der Waals surface area contributed by atoms with Crippen molar-refractivity contribution in [2.75, 3.05) is 0 Å². The number of aryl methyl sites for hydroxylation is 1. The zero-order valence-corrected chi connectivity index (χ0v) is 13.4. The Bertz CT molecular complexity index is 751. The third kappa shape index (κ3) is 4.76. The van der Waals surface area contributed by atoms with Gasteiger partial charge in [0.1, 0.15) is 0 Å². The SMILES string of the molecule is Cc1ccc(C(=O)N/N=C(/CC(=O)C(F)(F)F)c2cccs2)cc1. The van der Waals surface area contributed by atoms with Gasteiger partial charge in [-0.2, -0.15) is 18.3 Å². The Balaban J connectivity index is 2.18. The molecular formula is C16H13F3N2O2S. The van der Waals surface area contributed by atoms with Gasteiger partial charge in [0.2, 0.25) is 5.78 Å². The molecule has 1 aromatic heterocycles. The molecule has 1 heterocycles. The van der Waals surface area contributed by atoms with Crippen LogP contribution in [0, 0.1) is 6.92 Å². The summed E-state index contributed by atoms with van der Waals surface area (Å²) < 4.78 is 37.4. The third-order valence-electron chi connectivity index (χ3n) is 3.06. The minimum atomic E-state index is -4.95. The first kappa shape index (κ1) is 17.9. The number of hydrogen-bond acceptors (Lipinski definition) is 4. The van der Waals surface area contributed by atoms with Crippen LogP contribution in [-0.4, -0.2) is 23.6 Å². The van der Waals surface area contributed by atoms with Crippen molar-refractivity contribution >= 4 is 28.7 Å². The molecular weight excluding hydrogens is 341 g/mol. The van der Waals surface area contributed by atoms with Crippen molar-refractivity contribution in [3.8, 4) is 0 Å². The molecule has 24 heavy (non-hydrogen) atoms. The molecule has 0 atom stereocenters. The Hall–Kier alpha value is -2.48. The van der Waals surface area contributed by atoms with Gasteiger partial charge in [-0.1, -0.05) is 23.8 Å². The summed E-state index contributed by atoms with van der Waals surface area (Å²) in [5.41, 5.74) is 3.35. The van der Waals surface area contributed by atoms with Crippen LogP contribution in [0.15, 0.2) is 46.9 Å². The van der Waals surface area contributed by atoms with Crippen molar-refractivity contribution in [3.05, 3.63) is 57.8 Å². The second-order valence-corrected chi connectivity index (χ2v) is 5.89. The third-order valence-corrected chi connectivity index (χ3v) is 3.97. The molecule has 0 bridgehead atoms. The molecule has 0 saturated carbocycles. The number of hydrazone groups is 1. The van der Waals surface area contributed by atoms with Crippen molar-refractivity contribution in [1.82, 2.24) is 5.43 Å². The second-order valence-electron chi connectivity index (χ2n) is 4.94. The zero-order valence-electron chi connectivity index (χ0n) is 12.6. The van der Waals surface area contributed by atoms with Crippen molar-refractivity contribution in [2.24, 2.45) is 5.10 Å². The molecule has 8 heteroatoms. The largest absolute Gasteiger partial charge is 0.450 e. The Morgan fingerprint density at radius 2 is 1.83 bits per heavy atom. The average Bonchev–Trinajstić information content (AvgIpc) is 3.04. The number of thiophene rings is 1. The summed E-state index contributed by atoms with van der Waals surface area (Å²) in [7, 11) is 0. The van der Waals surface area contributed by atoms with Gasteiger partial charge >= 0.3 is 6.18 Å². The zero-order chi connectivity index (χ0) is 17.7. The Kier molecular flexibility index (Phi) is 5.50. The molecule has 2 aromatic rings. The maximum absolute atomic E-state index is 12.5. The molecule has 1 aromatic carbocycles. The molecule has 4 nitrogen and oxygen atoms in total. The number of amides is 1. The van der Waals surface area contributed by atoms with Gasteiger partial charge in [0.05, 0.1) is 17.0 Å². The predicted molar refractivity (Wildman–Crippen MR) is 85.2 cm³/mol. The smallest absolute Gasteiger partial charge is 0.289 e. The van der Waals surface area contributed by atoms with Crippen molar-refractivity contribution in [2.45, 2.75) is 19.5 Å². The molecule has 0 radical (unpaired) electrons. The number of nitrogens with one attached hydrogen (secondary N) is 1. The molecule has 0 spiro atoms. The van der Waals surface area contributed by atoms with Gasteiger partial charge < -0.3 is 0 Å². The normalized spacial score (nSPS) is 12.1. The summed E-state index contributed by atoms with van der Waals surface area (Å²) >= 11 is 1.13. The number of halogens is 3. The molecule has 2 rings (SSSR count). The fourth-order valence-electron chi connectivity index (χ4n) is 1.76. The fourth-order valence-corrected chi connectivity index (χ4v) is 2.48. The van der Waals surface area contributed by atoms with Crippen LogP contribution in [0.2, 0.25) is 0 Å². The van der Waals surface area contributed by atoms with Crippen LogP contribution in [0.4, 0.5) is 13.2 Å². The van der Waals surface area contributed by atoms with Gasteiger partial charge in [0, 0.05) is 5.56 Å². The number of carbonyl (C=O) groups excluding carboxylic acids is 2. The van der Waals surface area contributed by atoms with Crippen molar-refractivity contribution in [3.63, 3.8) is 0 Å². The summed E-state index contributed by atoms with van der Waals surface area (Å²) in [6, 6.07) is 9.76. The molecule has 0 aliphatic carbocycles. The first-order valence-corrected chi connectivity index (χ1v) is 7.73. The second kappa shape index (κ2) is 7.39. The van der Waals surface area contributed by atoms with E-state index in [9.17, 15) is 22.8 Å². The van der Waals surface area contributed by atoms with Gasteiger partial charge in [0.15, 0.2) is 0 Å². The highest BCUT2D eigenvalue weighted by atomic mass is 32.1. The van der Waals surface area contributed by atoms with E-state index in [4.69, 9.17) is 0 Å². The number of nitrogens with zero attached hydrogens (tertiary/aromatic N) is 1. The quantitative estimate of drug-likeness (QED) is 0.657. The first-order valence-electron chi connectivity index (χ1n) is 6.85. The topological polar surface area (TPSA) is 58.5 Å². The van der Waals surface area contributed by atoms with Crippen LogP contribution >= 0.6 is 11.3 Å². The molecule has 1 N–H and O–H groups in total. The number of carbonyl (C=O) groups is 2. The van der Waals surface area contributed by atoms with Crippen LogP contribution in [0.3, 0.4) is 0 Å². The molecule has 126 valence electrons. The molecule has 0 saturated heterocycles. The van der Waals surface area contributed by atoms with Crippen LogP contribution in [0.5, 0.6) is 0 Å². The van der Waals surface area contributed by atoms with Gasteiger partial charge in [-0.05, 0) is 30.5 Å². The molecule has 0 aliphatic rings. The van der Waals surface area contributed by atoms with E-state index in [-0.39, 0.29) is 5.71 Å².